The number of aliphatic carboxylic acids is 1. The summed E-state index contributed by atoms with van der Waals surface area (Å²) in [5.74, 6) is -0.396. The number of carboxylic acids is 1. The molecule has 1 aliphatic heterocycles. The second kappa shape index (κ2) is 5.01. The first kappa shape index (κ1) is 12.9. The van der Waals surface area contributed by atoms with E-state index in [0.717, 1.165) is 0 Å². The Hall–Kier alpha value is -2.50. The molecule has 2 amide bonds. The number of benzene rings is 1. The minimum atomic E-state index is -1.06. The summed E-state index contributed by atoms with van der Waals surface area (Å²) in [6, 6.07) is 5.81. The number of carbonyl (C=O) groups is 2. The summed E-state index contributed by atoms with van der Waals surface area (Å²) in [5, 5.41) is 14.3. The molecule has 1 heterocycles. The maximum atomic E-state index is 11.5. The van der Waals surface area contributed by atoms with E-state index in [1.807, 2.05) is 0 Å². The number of nitrogens with one attached hydrogen (secondary N) is 2. The number of carbonyl (C=O) groups excluding carboxylic acids is 1. The monoisotopic (exact) mass is 262 g/mol. The zero-order valence-electron chi connectivity index (χ0n) is 10.6. The molecule has 6 heteroatoms. The molecule has 0 saturated heterocycles. The summed E-state index contributed by atoms with van der Waals surface area (Å²) in [6.07, 6.45) is 0. The van der Waals surface area contributed by atoms with Gasteiger partial charge >= 0.3 is 12.0 Å². The van der Waals surface area contributed by atoms with Crippen molar-refractivity contribution in [2.75, 3.05) is 7.11 Å². The first-order valence-corrected chi connectivity index (χ1v) is 5.68. The van der Waals surface area contributed by atoms with Crippen LogP contribution in [-0.2, 0) is 4.79 Å². The van der Waals surface area contributed by atoms with E-state index in [-0.39, 0.29) is 5.57 Å². The second-order valence-electron chi connectivity index (χ2n) is 4.15. The van der Waals surface area contributed by atoms with Crippen molar-refractivity contribution in [1.29, 1.82) is 0 Å². The number of urea groups is 1. The number of ether oxygens (including phenoxy) is 1. The highest BCUT2D eigenvalue weighted by atomic mass is 16.5. The van der Waals surface area contributed by atoms with E-state index in [0.29, 0.717) is 17.0 Å². The second-order valence-corrected chi connectivity index (χ2v) is 4.15. The van der Waals surface area contributed by atoms with Crippen molar-refractivity contribution >= 4 is 12.0 Å². The van der Waals surface area contributed by atoms with Gasteiger partial charge in [-0.15, -0.1) is 0 Å². The number of hydrogen-bond acceptors (Lipinski definition) is 3. The first-order valence-electron chi connectivity index (χ1n) is 5.68. The average molecular weight is 262 g/mol. The molecule has 1 unspecified atom stereocenters. The SMILES string of the molecule is COc1ccc(C2NC(=O)NC(C)=C2C(=O)O)cc1. The maximum absolute atomic E-state index is 11.5. The van der Waals surface area contributed by atoms with Crippen molar-refractivity contribution in [1.82, 2.24) is 10.6 Å². The normalized spacial score (nSPS) is 18.6. The summed E-state index contributed by atoms with van der Waals surface area (Å²) >= 11 is 0. The largest absolute Gasteiger partial charge is 0.497 e. The van der Waals surface area contributed by atoms with Crippen molar-refractivity contribution in [2.45, 2.75) is 13.0 Å². The molecule has 6 nitrogen and oxygen atoms in total. The summed E-state index contributed by atoms with van der Waals surface area (Å²) in [6.45, 7) is 1.57. The van der Waals surface area contributed by atoms with Crippen molar-refractivity contribution in [3.8, 4) is 5.75 Å². The molecule has 100 valence electrons. The Balaban J connectivity index is 2.42. The Morgan fingerprint density at radius 3 is 2.47 bits per heavy atom. The number of carboxylic acid groups (broad SMARTS) is 1. The number of rotatable bonds is 3. The first-order chi connectivity index (χ1) is 9.02. The molecule has 0 spiro atoms. The molecule has 0 saturated carbocycles. The van der Waals surface area contributed by atoms with Crippen LogP contribution in [0.25, 0.3) is 0 Å². The van der Waals surface area contributed by atoms with Crippen LogP contribution in [0.5, 0.6) is 5.75 Å². The highest BCUT2D eigenvalue weighted by molar-refractivity contribution is 5.93. The fourth-order valence-corrected chi connectivity index (χ4v) is 2.02. The lowest BCUT2D eigenvalue weighted by Crippen LogP contribution is -2.45. The Kier molecular flexibility index (Phi) is 3.41. The van der Waals surface area contributed by atoms with Crippen LogP contribution in [0.4, 0.5) is 4.79 Å². The van der Waals surface area contributed by atoms with Crippen LogP contribution in [0, 0.1) is 0 Å². The Labute approximate surface area is 110 Å². The van der Waals surface area contributed by atoms with Gasteiger partial charge in [0.25, 0.3) is 0 Å². The fourth-order valence-electron chi connectivity index (χ4n) is 2.02. The molecule has 0 aromatic heterocycles. The van der Waals surface area contributed by atoms with E-state index in [1.54, 1.807) is 38.3 Å². The predicted molar refractivity (Wildman–Crippen MR) is 67.7 cm³/mol. The molecule has 0 bridgehead atoms. The van der Waals surface area contributed by atoms with Gasteiger partial charge in [0.2, 0.25) is 0 Å². The lowest BCUT2D eigenvalue weighted by molar-refractivity contribution is -0.133. The average Bonchev–Trinajstić information content (AvgIpc) is 2.37. The summed E-state index contributed by atoms with van der Waals surface area (Å²) in [5.41, 5.74) is 1.16. The van der Waals surface area contributed by atoms with Crippen LogP contribution in [0.3, 0.4) is 0 Å². The Morgan fingerprint density at radius 2 is 1.95 bits per heavy atom. The van der Waals surface area contributed by atoms with Crippen LogP contribution < -0.4 is 15.4 Å². The van der Waals surface area contributed by atoms with E-state index < -0.39 is 18.0 Å². The standard InChI is InChI=1S/C13H14N2O4/c1-7-10(12(16)17)11(15-13(18)14-7)8-3-5-9(19-2)6-4-8/h3-6,11H,1-2H3,(H,16,17)(H2,14,15,18). The minimum Gasteiger partial charge on any atom is -0.497 e. The fraction of sp³-hybridized carbons (Fsp3) is 0.231. The molecule has 0 radical (unpaired) electrons. The molecule has 1 aromatic carbocycles. The van der Waals surface area contributed by atoms with Crippen LogP contribution in [-0.4, -0.2) is 24.2 Å². The quantitative estimate of drug-likeness (QED) is 0.768. The zero-order valence-corrected chi connectivity index (χ0v) is 10.6. The van der Waals surface area contributed by atoms with Crippen LogP contribution in [0.2, 0.25) is 0 Å². The van der Waals surface area contributed by atoms with Gasteiger partial charge in [-0.25, -0.2) is 9.59 Å². The van der Waals surface area contributed by atoms with Gasteiger partial charge in [0.1, 0.15) is 5.75 Å². The molecular formula is C13H14N2O4. The number of allylic oxidation sites excluding steroid dienone is 1. The lowest BCUT2D eigenvalue weighted by Gasteiger charge is -2.27. The predicted octanol–water partition coefficient (Wildman–Crippen LogP) is 1.41. The molecule has 3 N–H and O–H groups in total. The van der Waals surface area contributed by atoms with Gasteiger partial charge in [-0.05, 0) is 24.6 Å². The van der Waals surface area contributed by atoms with E-state index in [4.69, 9.17) is 4.74 Å². The third kappa shape index (κ3) is 2.52. The zero-order chi connectivity index (χ0) is 14.0. The number of methoxy groups -OCH3 is 1. The highest BCUT2D eigenvalue weighted by Crippen LogP contribution is 2.27. The molecule has 0 aliphatic carbocycles. The van der Waals surface area contributed by atoms with Gasteiger partial charge in [-0.1, -0.05) is 12.1 Å². The van der Waals surface area contributed by atoms with Crippen LogP contribution >= 0.6 is 0 Å². The highest BCUT2D eigenvalue weighted by Gasteiger charge is 2.30. The van der Waals surface area contributed by atoms with Crippen molar-refractivity contribution in [3.05, 3.63) is 41.1 Å². The molecule has 1 aromatic rings. The number of amides is 2. The summed E-state index contributed by atoms with van der Waals surface area (Å²) in [7, 11) is 1.55. The summed E-state index contributed by atoms with van der Waals surface area (Å²) in [4.78, 5) is 22.8. The number of hydrogen-bond donors (Lipinski definition) is 3. The molecular weight excluding hydrogens is 248 g/mol. The van der Waals surface area contributed by atoms with E-state index >= 15 is 0 Å². The van der Waals surface area contributed by atoms with E-state index in [1.165, 1.54) is 0 Å². The van der Waals surface area contributed by atoms with Gasteiger partial charge in [-0.2, -0.15) is 0 Å². The van der Waals surface area contributed by atoms with Gasteiger partial charge in [-0.3, -0.25) is 0 Å². The lowest BCUT2D eigenvalue weighted by atomic mass is 9.95. The van der Waals surface area contributed by atoms with Crippen LogP contribution in [0.15, 0.2) is 35.5 Å². The molecule has 1 aliphatic rings. The third-order valence-corrected chi connectivity index (χ3v) is 2.95. The van der Waals surface area contributed by atoms with E-state index in [9.17, 15) is 14.7 Å². The third-order valence-electron chi connectivity index (χ3n) is 2.95. The van der Waals surface area contributed by atoms with Gasteiger partial charge < -0.3 is 20.5 Å². The van der Waals surface area contributed by atoms with Crippen molar-refractivity contribution in [3.63, 3.8) is 0 Å². The maximum Gasteiger partial charge on any atom is 0.335 e. The van der Waals surface area contributed by atoms with Gasteiger partial charge in [0.05, 0.1) is 18.7 Å². The Morgan fingerprint density at radius 1 is 1.32 bits per heavy atom. The van der Waals surface area contributed by atoms with Crippen molar-refractivity contribution < 1.29 is 19.4 Å². The van der Waals surface area contributed by atoms with Crippen LogP contribution in [0.1, 0.15) is 18.5 Å². The van der Waals surface area contributed by atoms with Crippen molar-refractivity contribution in [2.24, 2.45) is 0 Å². The molecule has 19 heavy (non-hydrogen) atoms. The van der Waals surface area contributed by atoms with Gasteiger partial charge in [0.15, 0.2) is 0 Å². The minimum absolute atomic E-state index is 0.129. The van der Waals surface area contributed by atoms with E-state index in [2.05, 4.69) is 10.6 Å². The molecule has 1 atom stereocenters. The molecule has 2 rings (SSSR count). The van der Waals surface area contributed by atoms with Gasteiger partial charge in [0, 0.05) is 5.70 Å². The smallest absolute Gasteiger partial charge is 0.335 e. The molecule has 0 fully saturated rings. The summed E-state index contributed by atoms with van der Waals surface area (Å²) < 4.78 is 5.05. The topological polar surface area (TPSA) is 87.7 Å². The Bertz CT molecular complexity index is 548.